The number of likely N-dealkylation sites (tertiary alicyclic amines) is 1. The number of rotatable bonds is 32. The third kappa shape index (κ3) is 20.4. The van der Waals surface area contributed by atoms with Crippen molar-refractivity contribution in [3.8, 4) is 5.75 Å². The van der Waals surface area contributed by atoms with E-state index in [0.29, 0.717) is 54.8 Å². The number of carbonyl (C=O) groups excluding carboxylic acids is 8. The summed E-state index contributed by atoms with van der Waals surface area (Å²) in [7, 11) is 1.50. The van der Waals surface area contributed by atoms with Gasteiger partial charge in [-0.05, 0) is 85.7 Å². The number of hydrogen-bond acceptors (Lipinski definition) is 14. The number of hydrogen-bond donors (Lipinski definition) is 9. The van der Waals surface area contributed by atoms with Gasteiger partial charge in [-0.1, -0.05) is 107 Å². The number of aromatic amines is 1. The molecule has 0 bridgehead atoms. The van der Waals surface area contributed by atoms with Crippen LogP contribution >= 0.6 is 0 Å². The number of benzene rings is 3. The molecular formula is C58H78N10O13. The topological polar surface area (TPSA) is 332 Å². The third-order valence-electron chi connectivity index (χ3n) is 13.9. The molecule has 1 aliphatic rings. The summed E-state index contributed by atoms with van der Waals surface area (Å²) in [4.78, 5) is 133. The maximum absolute atomic E-state index is 14.7. The number of imidazole rings is 1. The first-order valence-corrected chi connectivity index (χ1v) is 27.4. The zero-order chi connectivity index (χ0) is 58.8. The van der Waals surface area contributed by atoms with Crippen LogP contribution in [0.2, 0.25) is 0 Å². The predicted octanol–water partition coefficient (Wildman–Crippen LogP) is 3.35. The Hall–Kier alpha value is -8.34. The molecule has 1 aliphatic heterocycles. The number of nitrogens with zero attached hydrogens (tertiary/aromatic N) is 2. The lowest BCUT2D eigenvalue weighted by molar-refractivity contribution is -0.150. The van der Waals surface area contributed by atoms with Gasteiger partial charge in [-0.15, -0.1) is 0 Å². The van der Waals surface area contributed by atoms with Crippen molar-refractivity contribution in [2.24, 2.45) is 17.6 Å². The van der Waals surface area contributed by atoms with Crippen molar-refractivity contribution in [1.82, 2.24) is 46.8 Å². The van der Waals surface area contributed by atoms with E-state index >= 15 is 0 Å². The SMILES string of the molecule is CC[C@H](C)[C@H](NC(=O)[C@H](Cc1ccc(OC)cc1)NC(=O)[C@@H](NC(=O)[C@H](CCCCN)NC(=O)OCc1ccccc1)C(C)C)C(=O)N[C@@H](Cc1cnc[nH]1)C(=O)N1CCC[C@H]1C(=O)N[C@@H](CCC(=O)O)C(=O)OCc1ccccc1. The molecule has 3 aromatic carbocycles. The minimum atomic E-state index is -1.35. The number of alkyl carbamates (subject to hydrolysis) is 1. The van der Waals surface area contributed by atoms with Crippen LogP contribution in [0.5, 0.6) is 5.75 Å². The number of amides is 7. The molecule has 8 atom stereocenters. The van der Waals surface area contributed by atoms with Crippen LogP contribution in [0.1, 0.15) is 101 Å². The highest BCUT2D eigenvalue weighted by molar-refractivity contribution is 5.98. The first-order chi connectivity index (χ1) is 38.9. The highest BCUT2D eigenvalue weighted by Gasteiger charge is 2.41. The number of methoxy groups -OCH3 is 1. The van der Waals surface area contributed by atoms with Crippen LogP contribution in [0.3, 0.4) is 0 Å². The predicted molar refractivity (Wildman–Crippen MR) is 297 cm³/mol. The normalized spacial score (nSPS) is 15.5. The summed E-state index contributed by atoms with van der Waals surface area (Å²) in [6, 6.07) is 15.9. The molecule has 81 heavy (non-hydrogen) atoms. The second kappa shape index (κ2) is 32.7. The number of esters is 1. The van der Waals surface area contributed by atoms with Gasteiger partial charge >= 0.3 is 18.0 Å². The summed E-state index contributed by atoms with van der Waals surface area (Å²) in [5, 5.41) is 26.0. The second-order valence-corrected chi connectivity index (χ2v) is 20.4. The smallest absolute Gasteiger partial charge is 0.408 e. The molecule has 438 valence electrons. The van der Waals surface area contributed by atoms with Crippen molar-refractivity contribution in [2.45, 2.75) is 147 Å². The number of carboxylic acid groups (broad SMARTS) is 1. The highest BCUT2D eigenvalue weighted by atomic mass is 16.5. The van der Waals surface area contributed by atoms with Gasteiger partial charge in [0.2, 0.25) is 35.4 Å². The average molecular weight is 1120 g/mol. The lowest BCUT2D eigenvalue weighted by Gasteiger charge is -2.32. The number of H-pyrrole nitrogens is 1. The lowest BCUT2D eigenvalue weighted by Crippen LogP contribution is -2.62. The fourth-order valence-corrected chi connectivity index (χ4v) is 9.08. The number of carbonyl (C=O) groups is 9. The average Bonchev–Trinajstić information content (AvgIpc) is 4.24. The van der Waals surface area contributed by atoms with Crippen LogP contribution in [0.25, 0.3) is 0 Å². The Kier molecular flexibility index (Phi) is 25.6. The molecule has 7 amide bonds. The molecule has 10 N–H and O–H groups in total. The molecule has 0 radical (unpaired) electrons. The number of aliphatic carboxylic acids is 1. The Morgan fingerprint density at radius 2 is 1.31 bits per heavy atom. The highest BCUT2D eigenvalue weighted by Crippen LogP contribution is 2.22. The van der Waals surface area contributed by atoms with E-state index in [0.717, 1.165) is 5.56 Å². The number of carboxylic acids is 1. The standard InChI is InChI=1S/C58H78N10O13/c1-6-37(4)50(55(75)64-46(31-41-32-60-35-61-41)56(76)68-29-15-21-47(68)53(73)62-44(26-27-48(69)70)57(77)80-33-39-16-9-7-10-17-39)67-52(72)45(30-38-22-24-42(79-5)25-23-38)63-54(74)49(36(2)3)66-51(71)43(20-13-14-28-59)65-58(78)81-34-40-18-11-8-12-19-40/h7-12,16-19,22-25,32,35-37,43-47,49-50H,6,13-15,20-21,26-31,33-34,59H2,1-5H3,(H,60,61)(H,62,73)(H,63,74)(H,64,75)(H,65,78)(H,66,71)(H,67,72)(H,69,70)/t37-,43-,44-,45-,46-,47-,49-,50-/m0/s1. The Morgan fingerprint density at radius 3 is 1.90 bits per heavy atom. The van der Waals surface area contributed by atoms with Crippen molar-refractivity contribution >= 4 is 53.5 Å². The third-order valence-corrected chi connectivity index (χ3v) is 13.9. The van der Waals surface area contributed by atoms with Crippen molar-refractivity contribution in [3.05, 3.63) is 120 Å². The van der Waals surface area contributed by atoms with Gasteiger partial charge < -0.3 is 66.8 Å². The van der Waals surface area contributed by atoms with E-state index in [-0.39, 0.29) is 51.9 Å². The van der Waals surface area contributed by atoms with E-state index in [1.807, 2.05) is 13.0 Å². The van der Waals surface area contributed by atoms with Crippen LogP contribution in [0.4, 0.5) is 4.79 Å². The van der Waals surface area contributed by atoms with Gasteiger partial charge in [-0.2, -0.15) is 0 Å². The number of aromatic nitrogens is 2. The number of nitrogens with one attached hydrogen (secondary N) is 7. The maximum atomic E-state index is 14.7. The van der Waals surface area contributed by atoms with Gasteiger partial charge in [0.05, 0.1) is 13.4 Å². The van der Waals surface area contributed by atoms with Crippen LogP contribution in [-0.2, 0) is 73.9 Å². The molecule has 1 saturated heterocycles. The van der Waals surface area contributed by atoms with Gasteiger partial charge in [-0.25, -0.2) is 14.6 Å². The number of unbranched alkanes of at least 4 members (excludes halogenated alkanes) is 1. The van der Waals surface area contributed by atoms with E-state index in [4.69, 9.17) is 19.9 Å². The largest absolute Gasteiger partial charge is 0.497 e. The molecule has 0 spiro atoms. The fraction of sp³-hybridized carbons (Fsp3) is 0.483. The van der Waals surface area contributed by atoms with Gasteiger partial charge in [0.25, 0.3) is 0 Å². The summed E-state index contributed by atoms with van der Waals surface area (Å²) in [5.41, 5.74) is 8.22. The zero-order valence-corrected chi connectivity index (χ0v) is 46.7. The van der Waals surface area contributed by atoms with Crippen molar-refractivity contribution in [2.75, 3.05) is 20.2 Å². The lowest BCUT2D eigenvalue weighted by atomic mass is 9.96. The molecule has 2 heterocycles. The van der Waals surface area contributed by atoms with Crippen molar-refractivity contribution in [3.63, 3.8) is 0 Å². The summed E-state index contributed by atoms with van der Waals surface area (Å²) < 4.78 is 16.2. The summed E-state index contributed by atoms with van der Waals surface area (Å²) in [6.45, 7) is 7.25. The summed E-state index contributed by atoms with van der Waals surface area (Å²) in [5.74, 6) is -6.85. The van der Waals surface area contributed by atoms with E-state index in [2.05, 4.69) is 41.9 Å². The maximum Gasteiger partial charge on any atom is 0.408 e. The Morgan fingerprint density at radius 1 is 0.691 bits per heavy atom. The molecule has 5 rings (SSSR count). The molecule has 23 nitrogen and oxygen atoms in total. The van der Waals surface area contributed by atoms with Crippen molar-refractivity contribution in [1.29, 1.82) is 0 Å². The molecule has 0 unspecified atom stereocenters. The molecule has 0 aliphatic carbocycles. The molecule has 4 aromatic rings. The first kappa shape index (κ1) is 63.5. The quantitative estimate of drug-likeness (QED) is 0.0250. The van der Waals surface area contributed by atoms with E-state index in [1.54, 1.807) is 99.6 Å². The van der Waals surface area contributed by atoms with Gasteiger partial charge in [-0.3, -0.25) is 33.6 Å². The second-order valence-electron chi connectivity index (χ2n) is 20.4. The minimum absolute atomic E-state index is 0.0421. The molecule has 1 aromatic heterocycles. The molecule has 1 fully saturated rings. The minimum Gasteiger partial charge on any atom is -0.497 e. The summed E-state index contributed by atoms with van der Waals surface area (Å²) in [6.07, 6.45) is 3.29. The molecule has 0 saturated carbocycles. The first-order valence-electron chi connectivity index (χ1n) is 27.4. The molecular weight excluding hydrogens is 1040 g/mol. The molecule has 23 heteroatoms. The van der Waals surface area contributed by atoms with Crippen molar-refractivity contribution < 1.29 is 62.5 Å². The van der Waals surface area contributed by atoms with E-state index in [9.17, 15) is 48.3 Å². The van der Waals surface area contributed by atoms with Crippen LogP contribution in [0, 0.1) is 11.8 Å². The van der Waals surface area contributed by atoms with Crippen LogP contribution in [-0.4, -0.2) is 136 Å². The Bertz CT molecular complexity index is 2680. The number of nitrogens with two attached hydrogens (primary N) is 1. The van der Waals surface area contributed by atoms with Crippen LogP contribution < -0.4 is 42.4 Å². The van der Waals surface area contributed by atoms with Gasteiger partial charge in [0, 0.05) is 37.7 Å². The van der Waals surface area contributed by atoms with Gasteiger partial charge in [0.1, 0.15) is 61.3 Å². The fourth-order valence-electron chi connectivity index (χ4n) is 9.08. The van der Waals surface area contributed by atoms with Crippen LogP contribution in [0.15, 0.2) is 97.5 Å². The Balaban J connectivity index is 1.35. The monoisotopic (exact) mass is 1120 g/mol. The van der Waals surface area contributed by atoms with E-state index < -0.39 is 114 Å². The van der Waals surface area contributed by atoms with Gasteiger partial charge in [0.15, 0.2) is 0 Å². The summed E-state index contributed by atoms with van der Waals surface area (Å²) >= 11 is 0. The zero-order valence-electron chi connectivity index (χ0n) is 46.7. The Labute approximate surface area is 472 Å². The number of ether oxygens (including phenoxy) is 3. The van der Waals surface area contributed by atoms with E-state index in [1.165, 1.54) is 24.5 Å².